The summed E-state index contributed by atoms with van der Waals surface area (Å²) in [6.45, 7) is 1.31. The highest BCUT2D eigenvalue weighted by atomic mass is 35.5. The minimum absolute atomic E-state index is 0.133. The second-order valence-electron chi connectivity index (χ2n) is 8.28. The predicted molar refractivity (Wildman–Crippen MR) is 142 cm³/mol. The van der Waals surface area contributed by atoms with E-state index in [1.807, 2.05) is 30.3 Å². The molecule has 0 fully saturated rings. The lowest BCUT2D eigenvalue weighted by Crippen LogP contribution is -2.53. The molecule has 2 rings (SSSR count). The molecule has 36 heavy (non-hydrogen) atoms. The lowest BCUT2D eigenvalue weighted by Gasteiger charge is -2.24. The predicted octanol–water partition coefficient (Wildman–Crippen LogP) is 1.19. The Morgan fingerprint density at radius 1 is 0.917 bits per heavy atom. The average molecular weight is 537 g/mol. The van der Waals surface area contributed by atoms with E-state index < -0.39 is 23.9 Å². The monoisotopic (exact) mass is 536 g/mol. The molecule has 0 heterocycles. The highest BCUT2D eigenvalue weighted by Gasteiger charge is 2.26. The van der Waals surface area contributed by atoms with Gasteiger partial charge in [0.05, 0.1) is 22.5 Å². The van der Waals surface area contributed by atoms with Crippen molar-refractivity contribution < 1.29 is 14.4 Å². The molecular formula is C25H34Cl2N6O3. The molecule has 0 aliphatic carbocycles. The zero-order chi connectivity index (χ0) is 26.5. The van der Waals surface area contributed by atoms with Crippen LogP contribution in [0, 0.1) is 0 Å². The van der Waals surface area contributed by atoms with Crippen LogP contribution in [-0.4, -0.2) is 60.9 Å². The van der Waals surface area contributed by atoms with Crippen LogP contribution in [-0.2, 0) is 27.3 Å². The number of rotatable bonds is 14. The largest absolute Gasteiger partial charge is 0.350 e. The Labute approximate surface area is 221 Å². The average Bonchev–Trinajstić information content (AvgIpc) is 2.87. The van der Waals surface area contributed by atoms with Gasteiger partial charge < -0.3 is 32.7 Å². The Morgan fingerprint density at radius 2 is 1.58 bits per heavy atom. The summed E-state index contributed by atoms with van der Waals surface area (Å²) in [4.78, 5) is 39.9. The molecule has 0 radical (unpaired) electrons. The summed E-state index contributed by atoms with van der Waals surface area (Å²) < 4.78 is 0. The topological polar surface area (TPSA) is 157 Å². The van der Waals surface area contributed by atoms with Crippen LogP contribution in [0.1, 0.15) is 24.0 Å². The van der Waals surface area contributed by atoms with Gasteiger partial charge in [0.1, 0.15) is 6.04 Å². The smallest absolute Gasteiger partial charge is 0.242 e. The zero-order valence-corrected chi connectivity index (χ0v) is 21.6. The summed E-state index contributed by atoms with van der Waals surface area (Å²) in [5.41, 5.74) is 18.8. The van der Waals surface area contributed by atoms with Crippen molar-refractivity contribution in [3.8, 4) is 0 Å². The van der Waals surface area contributed by atoms with E-state index in [9.17, 15) is 14.4 Å². The van der Waals surface area contributed by atoms with Crippen molar-refractivity contribution in [3.63, 3.8) is 0 Å². The number of carbonyl (C=O) groups is 3. The number of halogens is 2. The third-order valence-electron chi connectivity index (χ3n) is 5.56. The molecule has 8 N–H and O–H groups in total. The van der Waals surface area contributed by atoms with Crippen LogP contribution in [0.2, 0.25) is 10.0 Å². The summed E-state index contributed by atoms with van der Waals surface area (Å²) in [6.07, 6.45) is 0.654. The summed E-state index contributed by atoms with van der Waals surface area (Å²) in [6, 6.07) is 12.7. The molecule has 0 saturated carbocycles. The molecule has 2 unspecified atom stereocenters. The Morgan fingerprint density at radius 3 is 2.22 bits per heavy atom. The molecule has 9 nitrogen and oxygen atoms in total. The number of aryl methyl sites for hydroxylation is 1. The normalized spacial score (nSPS) is 12.5. The maximum Gasteiger partial charge on any atom is 0.242 e. The number of hydrogen-bond donors (Lipinski definition) is 5. The first-order valence-corrected chi connectivity index (χ1v) is 12.5. The van der Waals surface area contributed by atoms with Gasteiger partial charge in [-0.15, -0.1) is 0 Å². The van der Waals surface area contributed by atoms with E-state index in [-0.39, 0.29) is 32.0 Å². The number of nitrogens with one attached hydrogen (secondary N) is 2. The van der Waals surface area contributed by atoms with E-state index in [4.69, 9.17) is 40.4 Å². The SMILES string of the molecule is NCCN(CCN)C(=O)CC(N)C(=O)NC(CCc1ccccc1)C(=O)NCc1cccc(Cl)c1Cl. The standard InChI is InChI=1S/C25H34Cl2N6O3/c26-19-8-4-7-18(23(19)27)16-31-25(36)21(10-9-17-5-2-1-3-6-17)32-24(35)20(30)15-22(34)33(13-11-28)14-12-29/h1-8,20-21H,9-16,28-30H2,(H,31,36)(H,32,35). The number of hydrogen-bond acceptors (Lipinski definition) is 6. The lowest BCUT2D eigenvalue weighted by molar-refractivity contribution is -0.135. The molecule has 0 aromatic heterocycles. The highest BCUT2D eigenvalue weighted by molar-refractivity contribution is 6.42. The van der Waals surface area contributed by atoms with Crippen LogP contribution in [0.25, 0.3) is 0 Å². The van der Waals surface area contributed by atoms with E-state index in [0.29, 0.717) is 41.5 Å². The molecule has 0 aliphatic heterocycles. The fraction of sp³-hybridized carbons (Fsp3) is 0.400. The lowest BCUT2D eigenvalue weighted by atomic mass is 10.0. The van der Waals surface area contributed by atoms with Gasteiger partial charge in [-0.05, 0) is 30.0 Å². The van der Waals surface area contributed by atoms with Gasteiger partial charge in [0, 0.05) is 32.7 Å². The van der Waals surface area contributed by atoms with E-state index in [1.165, 1.54) is 4.90 Å². The Balaban J connectivity index is 2.06. The third kappa shape index (κ3) is 9.40. The van der Waals surface area contributed by atoms with Crippen LogP contribution >= 0.6 is 23.2 Å². The van der Waals surface area contributed by atoms with Crippen LogP contribution in [0.5, 0.6) is 0 Å². The van der Waals surface area contributed by atoms with Gasteiger partial charge in [-0.1, -0.05) is 65.7 Å². The van der Waals surface area contributed by atoms with Crippen LogP contribution in [0.4, 0.5) is 0 Å². The van der Waals surface area contributed by atoms with Gasteiger partial charge in [0.25, 0.3) is 0 Å². The zero-order valence-electron chi connectivity index (χ0n) is 20.1. The number of nitrogens with zero attached hydrogens (tertiary/aromatic N) is 1. The minimum atomic E-state index is -1.13. The molecule has 2 aromatic carbocycles. The van der Waals surface area contributed by atoms with Gasteiger partial charge in [-0.2, -0.15) is 0 Å². The molecule has 0 aliphatic rings. The summed E-state index contributed by atoms with van der Waals surface area (Å²) in [5.74, 6) is -1.33. The molecule has 0 spiro atoms. The van der Waals surface area contributed by atoms with Crippen molar-refractivity contribution in [2.45, 2.75) is 37.9 Å². The number of benzene rings is 2. The van der Waals surface area contributed by atoms with Gasteiger partial charge in [-0.25, -0.2) is 0 Å². The van der Waals surface area contributed by atoms with E-state index in [0.717, 1.165) is 5.56 Å². The van der Waals surface area contributed by atoms with Crippen molar-refractivity contribution in [1.29, 1.82) is 0 Å². The van der Waals surface area contributed by atoms with E-state index in [2.05, 4.69) is 10.6 Å². The number of nitrogens with two attached hydrogens (primary N) is 3. The third-order valence-corrected chi connectivity index (χ3v) is 6.42. The first-order valence-electron chi connectivity index (χ1n) is 11.7. The Hall–Kier alpha value is -2.69. The van der Waals surface area contributed by atoms with Crippen molar-refractivity contribution in [3.05, 3.63) is 69.7 Å². The second-order valence-corrected chi connectivity index (χ2v) is 9.07. The Bertz CT molecular complexity index is 1000. The van der Waals surface area contributed by atoms with Gasteiger partial charge >= 0.3 is 0 Å². The molecule has 3 amide bonds. The molecule has 0 saturated heterocycles. The molecule has 2 atom stereocenters. The molecule has 0 bridgehead atoms. The van der Waals surface area contributed by atoms with Gasteiger partial charge in [-0.3, -0.25) is 14.4 Å². The fourth-order valence-corrected chi connectivity index (χ4v) is 3.96. The van der Waals surface area contributed by atoms with Crippen molar-refractivity contribution in [2.24, 2.45) is 17.2 Å². The fourth-order valence-electron chi connectivity index (χ4n) is 3.58. The van der Waals surface area contributed by atoms with Crippen LogP contribution < -0.4 is 27.8 Å². The second kappa shape index (κ2) is 15.4. The Kier molecular flexibility index (Phi) is 12.7. The molecule has 11 heteroatoms. The summed E-state index contributed by atoms with van der Waals surface area (Å²) in [5, 5.41) is 6.23. The van der Waals surface area contributed by atoms with Gasteiger partial charge in [0.15, 0.2) is 0 Å². The van der Waals surface area contributed by atoms with Crippen molar-refractivity contribution in [2.75, 3.05) is 26.2 Å². The maximum absolute atomic E-state index is 13.0. The molecule has 196 valence electrons. The molecule has 2 aromatic rings. The van der Waals surface area contributed by atoms with Crippen LogP contribution in [0.3, 0.4) is 0 Å². The van der Waals surface area contributed by atoms with Crippen molar-refractivity contribution in [1.82, 2.24) is 15.5 Å². The first kappa shape index (κ1) is 29.5. The summed E-state index contributed by atoms with van der Waals surface area (Å²) >= 11 is 12.3. The summed E-state index contributed by atoms with van der Waals surface area (Å²) in [7, 11) is 0. The maximum atomic E-state index is 13.0. The number of amides is 3. The van der Waals surface area contributed by atoms with Crippen LogP contribution in [0.15, 0.2) is 48.5 Å². The van der Waals surface area contributed by atoms with E-state index in [1.54, 1.807) is 18.2 Å². The van der Waals surface area contributed by atoms with E-state index >= 15 is 0 Å². The number of carbonyl (C=O) groups excluding carboxylic acids is 3. The first-order chi connectivity index (χ1) is 17.3. The molecular weight excluding hydrogens is 503 g/mol. The quantitative estimate of drug-likeness (QED) is 0.244. The minimum Gasteiger partial charge on any atom is -0.350 e. The highest BCUT2D eigenvalue weighted by Crippen LogP contribution is 2.25. The van der Waals surface area contributed by atoms with Gasteiger partial charge in [0.2, 0.25) is 17.7 Å². The van der Waals surface area contributed by atoms with Crippen molar-refractivity contribution >= 4 is 40.9 Å².